The quantitative estimate of drug-likeness (QED) is 0.769. The first-order valence-electron chi connectivity index (χ1n) is 6.98. The van der Waals surface area contributed by atoms with Gasteiger partial charge in [-0.05, 0) is 36.5 Å². The number of methoxy groups -OCH3 is 1. The second kappa shape index (κ2) is 6.64. The standard InChI is InChI=1S/C14H22N2O4S/c1-10(9-19-2)8-16-21(17,18)13-7-12(15)6-11-4-3-5-20-14(11)13/h6-7,10,16H,3-5,8-9,15H2,1-2H3. The summed E-state index contributed by atoms with van der Waals surface area (Å²) in [6, 6.07) is 3.23. The second-order valence-corrected chi connectivity index (χ2v) is 7.11. The average Bonchev–Trinajstić information content (AvgIpc) is 2.44. The molecule has 2 rings (SSSR count). The third-order valence-electron chi connectivity index (χ3n) is 3.35. The number of fused-ring (bicyclic) bond motifs is 1. The molecule has 1 aromatic rings. The van der Waals surface area contributed by atoms with Crippen LogP contribution < -0.4 is 15.2 Å². The predicted molar refractivity (Wildman–Crippen MR) is 80.9 cm³/mol. The van der Waals surface area contributed by atoms with Crippen LogP contribution in [-0.4, -0.2) is 35.3 Å². The van der Waals surface area contributed by atoms with Gasteiger partial charge in [-0.2, -0.15) is 0 Å². The van der Waals surface area contributed by atoms with Crippen molar-refractivity contribution in [3.8, 4) is 5.75 Å². The molecule has 1 unspecified atom stereocenters. The Bertz CT molecular complexity index is 601. The molecule has 1 atom stereocenters. The zero-order chi connectivity index (χ0) is 15.5. The lowest BCUT2D eigenvalue weighted by Gasteiger charge is -2.21. The van der Waals surface area contributed by atoms with Crippen LogP contribution in [0.15, 0.2) is 17.0 Å². The molecule has 3 N–H and O–H groups in total. The SMILES string of the molecule is COCC(C)CNS(=O)(=O)c1cc(N)cc2c1OCCC2. The lowest BCUT2D eigenvalue weighted by molar-refractivity contribution is 0.161. The van der Waals surface area contributed by atoms with Gasteiger partial charge in [-0.1, -0.05) is 6.92 Å². The first-order chi connectivity index (χ1) is 9.94. The van der Waals surface area contributed by atoms with Gasteiger partial charge in [-0.25, -0.2) is 13.1 Å². The van der Waals surface area contributed by atoms with E-state index in [2.05, 4.69) is 4.72 Å². The highest BCUT2D eigenvalue weighted by Gasteiger charge is 2.25. The van der Waals surface area contributed by atoms with Crippen LogP contribution >= 0.6 is 0 Å². The molecule has 118 valence electrons. The maximum Gasteiger partial charge on any atom is 0.244 e. The van der Waals surface area contributed by atoms with E-state index in [4.69, 9.17) is 15.2 Å². The normalized spacial score (nSPS) is 16.1. The Morgan fingerprint density at radius 1 is 1.48 bits per heavy atom. The lowest BCUT2D eigenvalue weighted by atomic mass is 10.1. The van der Waals surface area contributed by atoms with Crippen LogP contribution in [-0.2, 0) is 21.2 Å². The number of nitrogen functional groups attached to an aromatic ring is 1. The summed E-state index contributed by atoms with van der Waals surface area (Å²) >= 11 is 0. The Labute approximate surface area is 125 Å². The molecular weight excluding hydrogens is 292 g/mol. The van der Waals surface area contributed by atoms with Crippen molar-refractivity contribution in [3.63, 3.8) is 0 Å². The lowest BCUT2D eigenvalue weighted by Crippen LogP contribution is -2.31. The summed E-state index contributed by atoms with van der Waals surface area (Å²) in [5.41, 5.74) is 7.10. The van der Waals surface area contributed by atoms with Crippen molar-refractivity contribution in [1.82, 2.24) is 4.72 Å². The number of hydrogen-bond donors (Lipinski definition) is 2. The fourth-order valence-corrected chi connectivity index (χ4v) is 3.73. The van der Waals surface area contributed by atoms with E-state index in [-0.39, 0.29) is 10.8 Å². The summed E-state index contributed by atoms with van der Waals surface area (Å²) in [7, 11) is -2.06. The van der Waals surface area contributed by atoms with E-state index in [0.29, 0.717) is 31.2 Å². The Hall–Kier alpha value is -1.31. The average molecular weight is 314 g/mol. The molecule has 21 heavy (non-hydrogen) atoms. The summed E-state index contributed by atoms with van der Waals surface area (Å²) < 4.78 is 38.1. The number of nitrogens with two attached hydrogens (primary N) is 1. The van der Waals surface area contributed by atoms with Gasteiger partial charge < -0.3 is 15.2 Å². The fraction of sp³-hybridized carbons (Fsp3) is 0.571. The molecule has 0 aromatic heterocycles. The van der Waals surface area contributed by atoms with E-state index < -0.39 is 10.0 Å². The first-order valence-corrected chi connectivity index (χ1v) is 8.46. The Morgan fingerprint density at radius 3 is 2.95 bits per heavy atom. The van der Waals surface area contributed by atoms with Crippen molar-refractivity contribution in [2.24, 2.45) is 5.92 Å². The topological polar surface area (TPSA) is 90.7 Å². The second-order valence-electron chi connectivity index (χ2n) is 5.37. The molecule has 0 amide bonds. The highest BCUT2D eigenvalue weighted by atomic mass is 32.2. The molecule has 0 saturated heterocycles. The molecule has 0 spiro atoms. The summed E-state index contributed by atoms with van der Waals surface area (Å²) in [4.78, 5) is 0.127. The Kier molecular flexibility index (Phi) is 5.08. The summed E-state index contributed by atoms with van der Waals surface area (Å²) in [6.07, 6.45) is 1.65. The number of ether oxygens (including phenoxy) is 2. The minimum atomic E-state index is -3.65. The molecule has 0 saturated carbocycles. The third kappa shape index (κ3) is 3.87. The number of sulfonamides is 1. The molecular formula is C14H22N2O4S. The van der Waals surface area contributed by atoms with Gasteiger partial charge in [0.05, 0.1) is 6.61 Å². The van der Waals surface area contributed by atoms with E-state index in [0.717, 1.165) is 18.4 Å². The highest BCUT2D eigenvalue weighted by molar-refractivity contribution is 7.89. The zero-order valence-corrected chi connectivity index (χ0v) is 13.2. The first kappa shape index (κ1) is 16.1. The van der Waals surface area contributed by atoms with Crippen LogP contribution in [0.2, 0.25) is 0 Å². The van der Waals surface area contributed by atoms with Crippen LogP contribution in [0.1, 0.15) is 18.9 Å². The molecule has 1 aliphatic rings. The van der Waals surface area contributed by atoms with E-state index in [1.54, 1.807) is 13.2 Å². The third-order valence-corrected chi connectivity index (χ3v) is 4.78. The van der Waals surface area contributed by atoms with Crippen molar-refractivity contribution in [2.75, 3.05) is 32.6 Å². The summed E-state index contributed by atoms with van der Waals surface area (Å²) in [5.74, 6) is 0.518. The predicted octanol–water partition coefficient (Wildman–Crippen LogP) is 1.15. The van der Waals surface area contributed by atoms with Crippen molar-refractivity contribution in [3.05, 3.63) is 17.7 Å². The minimum absolute atomic E-state index is 0.0857. The monoisotopic (exact) mass is 314 g/mol. The van der Waals surface area contributed by atoms with Crippen LogP contribution in [0.3, 0.4) is 0 Å². The van der Waals surface area contributed by atoms with Gasteiger partial charge in [-0.3, -0.25) is 0 Å². The molecule has 0 aliphatic carbocycles. The number of rotatable bonds is 6. The van der Waals surface area contributed by atoms with Crippen molar-refractivity contribution in [2.45, 2.75) is 24.7 Å². The number of benzene rings is 1. The molecule has 6 nitrogen and oxygen atoms in total. The van der Waals surface area contributed by atoms with Gasteiger partial charge in [0.25, 0.3) is 0 Å². The molecule has 0 fully saturated rings. The molecule has 1 aliphatic heterocycles. The van der Waals surface area contributed by atoms with Crippen LogP contribution in [0, 0.1) is 5.92 Å². The van der Waals surface area contributed by atoms with E-state index in [1.807, 2.05) is 6.92 Å². The number of nitrogens with one attached hydrogen (secondary N) is 1. The molecule has 7 heteroatoms. The van der Waals surface area contributed by atoms with Crippen LogP contribution in [0.25, 0.3) is 0 Å². The molecule has 1 aromatic carbocycles. The van der Waals surface area contributed by atoms with Gasteiger partial charge in [0.1, 0.15) is 10.6 Å². The summed E-state index contributed by atoms with van der Waals surface area (Å²) in [5, 5.41) is 0. The number of aryl methyl sites for hydroxylation is 1. The molecule has 0 radical (unpaired) electrons. The van der Waals surface area contributed by atoms with E-state index in [1.165, 1.54) is 6.07 Å². The Balaban J connectivity index is 2.25. The minimum Gasteiger partial charge on any atom is -0.492 e. The van der Waals surface area contributed by atoms with Crippen molar-refractivity contribution in [1.29, 1.82) is 0 Å². The van der Waals surface area contributed by atoms with Crippen molar-refractivity contribution < 1.29 is 17.9 Å². The highest BCUT2D eigenvalue weighted by Crippen LogP contribution is 2.34. The maximum absolute atomic E-state index is 12.5. The van der Waals surface area contributed by atoms with Crippen LogP contribution in [0.5, 0.6) is 5.75 Å². The number of anilines is 1. The maximum atomic E-state index is 12.5. The van der Waals surface area contributed by atoms with Crippen LogP contribution in [0.4, 0.5) is 5.69 Å². The van der Waals surface area contributed by atoms with Gasteiger partial charge >= 0.3 is 0 Å². The largest absolute Gasteiger partial charge is 0.492 e. The van der Waals surface area contributed by atoms with E-state index >= 15 is 0 Å². The molecule has 0 bridgehead atoms. The fourth-order valence-electron chi connectivity index (χ4n) is 2.34. The molecule has 1 heterocycles. The number of hydrogen-bond acceptors (Lipinski definition) is 5. The van der Waals surface area contributed by atoms with Gasteiger partial charge in [-0.15, -0.1) is 0 Å². The smallest absolute Gasteiger partial charge is 0.244 e. The van der Waals surface area contributed by atoms with Gasteiger partial charge in [0, 0.05) is 25.9 Å². The van der Waals surface area contributed by atoms with Crippen molar-refractivity contribution >= 4 is 15.7 Å². The van der Waals surface area contributed by atoms with Gasteiger partial charge in [0.15, 0.2) is 0 Å². The van der Waals surface area contributed by atoms with Gasteiger partial charge in [0.2, 0.25) is 10.0 Å². The summed E-state index contributed by atoms with van der Waals surface area (Å²) in [6.45, 7) is 3.24. The Morgan fingerprint density at radius 2 is 2.24 bits per heavy atom. The zero-order valence-electron chi connectivity index (χ0n) is 12.4. The van der Waals surface area contributed by atoms with E-state index in [9.17, 15) is 8.42 Å².